The first-order valence-electron chi connectivity index (χ1n) is 12.1. The molecule has 0 amide bonds. The second-order valence-corrected chi connectivity index (χ2v) is 13.7. The van der Waals surface area contributed by atoms with Crippen LogP contribution in [0.3, 0.4) is 0 Å². The molecule has 0 bridgehead atoms. The first-order chi connectivity index (χ1) is 20.0. The summed E-state index contributed by atoms with van der Waals surface area (Å²) in [5.74, 6) is 0. The van der Waals surface area contributed by atoms with Gasteiger partial charge in [-0.05, 0) is 79.2 Å². The molecule has 1 N–H and O–H groups in total. The van der Waals surface area contributed by atoms with Crippen LogP contribution in [-0.4, -0.2) is 35.9 Å². The summed E-state index contributed by atoms with van der Waals surface area (Å²) in [6.07, 6.45) is 0. The Bertz CT molecular complexity index is 2240. The Labute approximate surface area is 304 Å². The molecular formula is C27H17N5Na2O6S4. The van der Waals surface area contributed by atoms with Crippen molar-refractivity contribution in [2.24, 2.45) is 10.3 Å². The Morgan fingerprint density at radius 2 is 1.27 bits per heavy atom. The molecule has 0 aliphatic rings. The predicted molar refractivity (Wildman–Crippen MR) is 159 cm³/mol. The van der Waals surface area contributed by atoms with Gasteiger partial charge in [-0.15, -0.1) is 27.8 Å². The van der Waals surface area contributed by atoms with E-state index in [-0.39, 0.29) is 68.9 Å². The van der Waals surface area contributed by atoms with Gasteiger partial charge in [0.25, 0.3) is 0 Å². The van der Waals surface area contributed by atoms with Crippen LogP contribution in [0.15, 0.2) is 99.0 Å². The molecule has 0 saturated carbocycles. The minimum Gasteiger partial charge on any atom is -0.744 e. The maximum Gasteiger partial charge on any atom is 1.00 e. The third-order valence-corrected chi connectivity index (χ3v) is 10.7. The first kappa shape index (κ1) is 34.7. The fourth-order valence-corrected chi connectivity index (χ4v) is 8.52. The van der Waals surface area contributed by atoms with Gasteiger partial charge in [0.05, 0.1) is 41.6 Å². The molecule has 44 heavy (non-hydrogen) atoms. The third kappa shape index (κ3) is 7.30. The number of benzene rings is 4. The van der Waals surface area contributed by atoms with E-state index in [4.69, 9.17) is 0 Å². The van der Waals surface area contributed by atoms with Crippen LogP contribution in [0, 0.1) is 6.92 Å². The molecule has 11 nitrogen and oxygen atoms in total. The Morgan fingerprint density at radius 1 is 0.705 bits per heavy atom. The van der Waals surface area contributed by atoms with E-state index in [1.54, 1.807) is 73.7 Å². The number of nitrogens with one attached hydrogen (secondary N) is 1. The van der Waals surface area contributed by atoms with Crippen molar-refractivity contribution in [2.45, 2.75) is 16.7 Å². The molecule has 0 aliphatic heterocycles. The van der Waals surface area contributed by atoms with E-state index < -0.39 is 20.2 Å². The number of fused-ring (bicyclic) bond motifs is 2. The van der Waals surface area contributed by atoms with Crippen LogP contribution < -0.4 is 64.5 Å². The van der Waals surface area contributed by atoms with Crippen molar-refractivity contribution in [3.63, 3.8) is 0 Å². The number of thiazole rings is 2. The molecular weight excluding hydrogens is 665 g/mol. The summed E-state index contributed by atoms with van der Waals surface area (Å²) in [6, 6.07) is 21.8. The smallest absolute Gasteiger partial charge is 0.744 e. The normalized spacial score (nSPS) is 11.9. The maximum atomic E-state index is 11.8. The quantitative estimate of drug-likeness (QED) is 0.109. The van der Waals surface area contributed by atoms with Crippen LogP contribution in [0.5, 0.6) is 0 Å². The van der Waals surface area contributed by atoms with E-state index in [2.05, 4.69) is 25.7 Å². The van der Waals surface area contributed by atoms with Crippen LogP contribution in [0.25, 0.3) is 41.6 Å². The zero-order chi connectivity index (χ0) is 29.6. The third-order valence-electron chi connectivity index (χ3n) is 6.20. The van der Waals surface area contributed by atoms with Gasteiger partial charge in [0.2, 0.25) is 0 Å². The van der Waals surface area contributed by atoms with Crippen LogP contribution in [0.2, 0.25) is 0 Å². The average molecular weight is 682 g/mol. The maximum absolute atomic E-state index is 11.8. The number of nitrogens with zero attached hydrogens (tertiary/aromatic N) is 4. The monoisotopic (exact) mass is 681 g/mol. The number of hydrogen-bond donors (Lipinski definition) is 1. The molecule has 17 heteroatoms. The van der Waals surface area contributed by atoms with Crippen molar-refractivity contribution in [1.82, 2.24) is 9.97 Å². The van der Waals surface area contributed by atoms with E-state index in [9.17, 15) is 25.9 Å². The molecule has 0 aliphatic carbocycles. The van der Waals surface area contributed by atoms with E-state index in [0.29, 0.717) is 47.4 Å². The predicted octanol–water partition coefficient (Wildman–Crippen LogP) is 0.475. The number of rotatable bonds is 7. The van der Waals surface area contributed by atoms with E-state index in [0.717, 1.165) is 33.8 Å². The van der Waals surface area contributed by atoms with Crippen molar-refractivity contribution in [3.8, 4) is 21.1 Å². The van der Waals surface area contributed by atoms with Gasteiger partial charge < -0.3 is 9.11 Å². The average Bonchev–Trinajstić information content (AvgIpc) is 3.57. The molecule has 0 saturated heterocycles. The van der Waals surface area contributed by atoms with Crippen molar-refractivity contribution in [1.29, 1.82) is 0 Å². The van der Waals surface area contributed by atoms with Gasteiger partial charge >= 0.3 is 59.1 Å². The first-order valence-corrected chi connectivity index (χ1v) is 16.5. The fourth-order valence-electron chi connectivity index (χ4n) is 4.24. The molecule has 2 aromatic heterocycles. The van der Waals surface area contributed by atoms with Crippen LogP contribution in [0.1, 0.15) is 5.56 Å². The molecule has 212 valence electrons. The van der Waals surface area contributed by atoms with Gasteiger partial charge in [0, 0.05) is 11.1 Å². The molecule has 6 aromatic rings. The summed E-state index contributed by atoms with van der Waals surface area (Å²) in [5, 5.41) is 9.32. The minimum absolute atomic E-state index is 0. The zero-order valence-electron chi connectivity index (χ0n) is 23.4. The van der Waals surface area contributed by atoms with Crippen molar-refractivity contribution in [2.75, 3.05) is 5.43 Å². The van der Waals surface area contributed by atoms with Gasteiger partial charge in [-0.2, -0.15) is 0 Å². The van der Waals surface area contributed by atoms with Crippen LogP contribution in [0.4, 0.5) is 11.4 Å². The zero-order valence-corrected chi connectivity index (χ0v) is 30.6. The number of aryl methyl sites for hydroxylation is 1. The number of aromatic nitrogens is 2. The number of anilines is 1. The van der Waals surface area contributed by atoms with E-state index in [1.807, 2.05) is 0 Å². The second kappa shape index (κ2) is 13.7. The molecule has 0 fully saturated rings. The van der Waals surface area contributed by atoms with Crippen LogP contribution in [-0.2, 0) is 20.2 Å². The topological polar surface area (TPSA) is 177 Å². The molecule has 0 radical (unpaired) electrons. The Kier molecular flexibility index (Phi) is 10.8. The Balaban J connectivity index is 0.00000221. The fraction of sp³-hybridized carbons (Fsp3) is 0.0370. The summed E-state index contributed by atoms with van der Waals surface area (Å²) in [6.45, 7) is 1.58. The molecule has 2 heterocycles. The summed E-state index contributed by atoms with van der Waals surface area (Å²) >= 11 is 2.27. The largest absolute Gasteiger partial charge is 1.00 e. The minimum atomic E-state index is -4.64. The summed E-state index contributed by atoms with van der Waals surface area (Å²) in [7, 11) is -9.26. The summed E-state index contributed by atoms with van der Waals surface area (Å²) < 4.78 is 70.7. The van der Waals surface area contributed by atoms with Crippen molar-refractivity contribution in [3.05, 3.63) is 84.4 Å². The molecule has 0 atom stereocenters. The van der Waals surface area contributed by atoms with Gasteiger partial charge in [0.1, 0.15) is 30.3 Å². The standard InChI is InChI=1S/C27H19N5O6S4.2Na/c1-15-5-14-21-24(25(15)42(36,37)38)40-27(29-21)17-8-12-19(13-9-17)31-32-30-18-10-6-16(7-11-18)26-28-20-3-2-4-22(23(20)39-26)41(33,34)35;;/h2-14H,1H3,(H,30,31)(H,33,34,35)(H,36,37,38);;/q;2*+1/p-2. The van der Waals surface area contributed by atoms with Gasteiger partial charge in [0.15, 0.2) is 0 Å². The second-order valence-electron chi connectivity index (χ2n) is 9.05. The van der Waals surface area contributed by atoms with Crippen molar-refractivity contribution >= 4 is 74.7 Å². The summed E-state index contributed by atoms with van der Waals surface area (Å²) in [4.78, 5) is 8.43. The molecule has 0 unspecified atom stereocenters. The van der Waals surface area contributed by atoms with Gasteiger partial charge in [-0.25, -0.2) is 26.8 Å². The van der Waals surface area contributed by atoms with Gasteiger partial charge in [-0.1, -0.05) is 17.4 Å². The van der Waals surface area contributed by atoms with Crippen molar-refractivity contribution < 1.29 is 85.1 Å². The Morgan fingerprint density at radius 3 is 1.86 bits per heavy atom. The van der Waals surface area contributed by atoms with E-state index >= 15 is 0 Å². The molecule has 4 aromatic carbocycles. The number of hydrogen-bond acceptors (Lipinski definition) is 12. The molecule has 6 rings (SSSR count). The Hall–Kier alpha value is -2.12. The van der Waals surface area contributed by atoms with Crippen LogP contribution >= 0.6 is 22.7 Å². The van der Waals surface area contributed by atoms with E-state index in [1.165, 1.54) is 12.1 Å². The molecule has 0 spiro atoms. The SMILES string of the molecule is Cc1ccc2nc(-c3ccc(NN=Nc4ccc(-c5nc6cccc(S(=O)(=O)[O-])c6s5)cc4)cc3)sc2c1S(=O)(=O)[O-].[Na+].[Na+]. The van der Waals surface area contributed by atoms with Gasteiger partial charge in [-0.3, -0.25) is 5.43 Å². The summed E-state index contributed by atoms with van der Waals surface area (Å²) in [5.41, 5.74) is 6.79.